The minimum absolute atomic E-state index is 0.0251. The van der Waals surface area contributed by atoms with Crippen LogP contribution < -0.4 is 0 Å². The second-order valence-corrected chi connectivity index (χ2v) is 9.23. The van der Waals surface area contributed by atoms with E-state index in [1.54, 1.807) is 30.5 Å². The zero-order valence-corrected chi connectivity index (χ0v) is 16.2. The Morgan fingerprint density at radius 1 is 1.31 bits per heavy atom. The Bertz CT molecular complexity index is 989. The van der Waals surface area contributed by atoms with Crippen LogP contribution in [-0.4, -0.2) is 41.9 Å². The Kier molecular flexibility index (Phi) is 5.56. The van der Waals surface area contributed by atoms with Gasteiger partial charge in [-0.25, -0.2) is 17.7 Å². The van der Waals surface area contributed by atoms with E-state index in [1.165, 1.54) is 22.8 Å². The Morgan fingerprint density at radius 3 is 2.73 bits per heavy atom. The molecule has 138 valence electrons. The fourth-order valence-electron chi connectivity index (χ4n) is 2.23. The van der Waals surface area contributed by atoms with E-state index in [-0.39, 0.29) is 29.5 Å². The van der Waals surface area contributed by atoms with Gasteiger partial charge in [-0.2, -0.15) is 0 Å². The van der Waals surface area contributed by atoms with Gasteiger partial charge in [0.1, 0.15) is 15.7 Å². The van der Waals surface area contributed by atoms with Crippen LogP contribution in [0.5, 0.6) is 0 Å². The SMILES string of the molecule is Cc1ccc(-c2nc(C(=O)N(CCCO)S(=O)(=O)c3cccs3)cs2)o1. The quantitative estimate of drug-likeness (QED) is 0.640. The molecule has 7 nitrogen and oxygen atoms in total. The Balaban J connectivity index is 1.92. The highest BCUT2D eigenvalue weighted by Crippen LogP contribution is 2.28. The summed E-state index contributed by atoms with van der Waals surface area (Å²) >= 11 is 2.23. The van der Waals surface area contributed by atoms with Gasteiger partial charge in [-0.15, -0.1) is 22.7 Å². The molecule has 0 atom stereocenters. The van der Waals surface area contributed by atoms with Crippen LogP contribution in [0.15, 0.2) is 43.7 Å². The molecule has 3 heterocycles. The van der Waals surface area contributed by atoms with Crippen LogP contribution in [0.3, 0.4) is 0 Å². The first-order valence-corrected chi connectivity index (χ1v) is 10.9. The summed E-state index contributed by atoms with van der Waals surface area (Å²) in [6, 6.07) is 6.57. The molecule has 3 aromatic rings. The van der Waals surface area contributed by atoms with Gasteiger partial charge in [-0.3, -0.25) is 4.79 Å². The van der Waals surface area contributed by atoms with Gasteiger partial charge in [0.25, 0.3) is 15.9 Å². The van der Waals surface area contributed by atoms with Crippen molar-refractivity contribution in [3.63, 3.8) is 0 Å². The molecule has 0 radical (unpaired) electrons. The molecule has 3 rings (SSSR count). The van der Waals surface area contributed by atoms with Gasteiger partial charge in [0, 0.05) is 18.5 Å². The van der Waals surface area contributed by atoms with E-state index in [1.807, 2.05) is 0 Å². The lowest BCUT2D eigenvalue weighted by Crippen LogP contribution is -2.37. The number of thiazole rings is 1. The van der Waals surface area contributed by atoms with Gasteiger partial charge in [-0.1, -0.05) is 6.07 Å². The smallest absolute Gasteiger partial charge is 0.287 e. The second kappa shape index (κ2) is 7.70. The maximum Gasteiger partial charge on any atom is 0.287 e. The lowest BCUT2D eigenvalue weighted by Gasteiger charge is -2.20. The van der Waals surface area contributed by atoms with Gasteiger partial charge in [0.15, 0.2) is 10.8 Å². The zero-order valence-electron chi connectivity index (χ0n) is 13.8. The third kappa shape index (κ3) is 3.73. The number of aromatic nitrogens is 1. The number of carbonyl (C=O) groups excluding carboxylic acids is 1. The molecule has 10 heteroatoms. The predicted molar refractivity (Wildman–Crippen MR) is 98.8 cm³/mol. The van der Waals surface area contributed by atoms with Crippen molar-refractivity contribution >= 4 is 38.6 Å². The van der Waals surface area contributed by atoms with Crippen LogP contribution in [0.25, 0.3) is 10.8 Å². The normalized spacial score (nSPS) is 11.6. The lowest BCUT2D eigenvalue weighted by molar-refractivity contribution is 0.0851. The molecular formula is C16H16N2O5S3. The van der Waals surface area contributed by atoms with Crippen molar-refractivity contribution in [1.29, 1.82) is 0 Å². The van der Waals surface area contributed by atoms with Crippen molar-refractivity contribution in [3.8, 4) is 10.8 Å². The molecule has 0 unspecified atom stereocenters. The first-order valence-electron chi connectivity index (χ1n) is 7.67. The molecular weight excluding hydrogens is 396 g/mol. The Morgan fingerprint density at radius 2 is 2.12 bits per heavy atom. The number of furan rings is 1. The van der Waals surface area contributed by atoms with Crippen molar-refractivity contribution < 1.29 is 22.7 Å². The van der Waals surface area contributed by atoms with E-state index in [9.17, 15) is 13.2 Å². The number of hydrogen-bond acceptors (Lipinski definition) is 8. The molecule has 0 saturated heterocycles. The maximum absolute atomic E-state index is 12.8. The largest absolute Gasteiger partial charge is 0.459 e. The molecule has 0 aromatic carbocycles. The molecule has 0 saturated carbocycles. The number of carbonyl (C=O) groups is 1. The van der Waals surface area contributed by atoms with Crippen LogP contribution in [0, 0.1) is 6.92 Å². The summed E-state index contributed by atoms with van der Waals surface area (Å²) in [6.07, 6.45) is 0.144. The first kappa shape index (κ1) is 18.8. The van der Waals surface area contributed by atoms with Crippen molar-refractivity contribution in [3.05, 3.63) is 46.5 Å². The van der Waals surface area contributed by atoms with Crippen LogP contribution in [0.4, 0.5) is 0 Å². The minimum Gasteiger partial charge on any atom is -0.459 e. The molecule has 0 aliphatic carbocycles. The Hall–Kier alpha value is -2.01. The molecule has 1 amide bonds. The highest BCUT2D eigenvalue weighted by atomic mass is 32.2. The summed E-state index contributed by atoms with van der Waals surface area (Å²) < 4.78 is 31.9. The second-order valence-electron chi connectivity index (χ2n) is 5.34. The van der Waals surface area contributed by atoms with Gasteiger partial charge in [0.2, 0.25) is 0 Å². The highest BCUT2D eigenvalue weighted by Gasteiger charge is 2.32. The fourth-order valence-corrected chi connectivity index (χ4v) is 5.50. The number of amides is 1. The van der Waals surface area contributed by atoms with Crippen LogP contribution in [0.2, 0.25) is 0 Å². The first-order chi connectivity index (χ1) is 12.4. The molecule has 26 heavy (non-hydrogen) atoms. The number of aliphatic hydroxyl groups excluding tert-OH is 1. The number of hydrogen-bond donors (Lipinski definition) is 1. The maximum atomic E-state index is 12.8. The molecule has 0 bridgehead atoms. The Labute approximate surface area is 158 Å². The van der Waals surface area contributed by atoms with Crippen LogP contribution in [0.1, 0.15) is 22.7 Å². The van der Waals surface area contributed by atoms with Gasteiger partial charge in [-0.05, 0) is 36.9 Å². The minimum atomic E-state index is -4.00. The number of nitrogens with zero attached hydrogens (tertiary/aromatic N) is 2. The third-order valence-corrected chi connectivity index (χ3v) is 7.47. The van der Waals surface area contributed by atoms with Gasteiger partial charge < -0.3 is 9.52 Å². The number of aliphatic hydroxyl groups is 1. The topological polar surface area (TPSA) is 101 Å². The monoisotopic (exact) mass is 412 g/mol. The fraction of sp³-hybridized carbons (Fsp3) is 0.250. The van der Waals surface area contributed by atoms with E-state index in [0.29, 0.717) is 16.5 Å². The molecule has 0 spiro atoms. The van der Waals surface area contributed by atoms with Crippen LogP contribution in [-0.2, 0) is 10.0 Å². The average molecular weight is 413 g/mol. The van der Waals surface area contributed by atoms with Crippen molar-refractivity contribution in [1.82, 2.24) is 9.29 Å². The standard InChI is InChI=1S/C16H16N2O5S3/c1-11-5-6-13(23-11)15-17-12(10-25-15)16(20)18(7-3-8-19)26(21,22)14-4-2-9-24-14/h2,4-6,9-10,19H,3,7-8H2,1H3. The predicted octanol–water partition coefficient (Wildman–Crippen LogP) is 2.99. The zero-order chi connectivity index (χ0) is 18.7. The molecule has 0 fully saturated rings. The summed E-state index contributed by atoms with van der Waals surface area (Å²) in [4.78, 5) is 17.1. The average Bonchev–Trinajstić information content (AvgIpc) is 3.35. The van der Waals surface area contributed by atoms with Crippen molar-refractivity contribution in [2.24, 2.45) is 0 Å². The summed E-state index contributed by atoms with van der Waals surface area (Å²) in [5, 5.41) is 12.7. The summed E-state index contributed by atoms with van der Waals surface area (Å²) in [5.74, 6) is 0.514. The molecule has 3 aromatic heterocycles. The molecule has 1 N–H and O–H groups in total. The van der Waals surface area contributed by atoms with E-state index < -0.39 is 15.9 Å². The number of rotatable bonds is 7. The summed E-state index contributed by atoms with van der Waals surface area (Å²) in [6.45, 7) is 1.45. The van der Waals surface area contributed by atoms with Gasteiger partial charge >= 0.3 is 0 Å². The van der Waals surface area contributed by atoms with E-state index in [2.05, 4.69) is 4.98 Å². The number of thiophene rings is 1. The van der Waals surface area contributed by atoms with Crippen LogP contribution >= 0.6 is 22.7 Å². The number of aryl methyl sites for hydroxylation is 1. The molecule has 0 aliphatic rings. The summed E-state index contributed by atoms with van der Waals surface area (Å²) in [5.41, 5.74) is 0.0251. The van der Waals surface area contributed by atoms with E-state index >= 15 is 0 Å². The van der Waals surface area contributed by atoms with Gasteiger partial charge in [0.05, 0.1) is 0 Å². The van der Waals surface area contributed by atoms with E-state index in [4.69, 9.17) is 9.52 Å². The van der Waals surface area contributed by atoms with Crippen molar-refractivity contribution in [2.45, 2.75) is 17.6 Å². The van der Waals surface area contributed by atoms with Crippen molar-refractivity contribution in [2.75, 3.05) is 13.2 Å². The highest BCUT2D eigenvalue weighted by molar-refractivity contribution is 7.91. The molecule has 0 aliphatic heterocycles. The summed E-state index contributed by atoms with van der Waals surface area (Å²) in [7, 11) is -4.00. The van der Waals surface area contributed by atoms with E-state index in [0.717, 1.165) is 15.6 Å². The number of sulfonamides is 1. The lowest BCUT2D eigenvalue weighted by atomic mass is 10.4. The third-order valence-electron chi connectivity index (χ3n) is 3.46.